The first kappa shape index (κ1) is 20.1. The van der Waals surface area contributed by atoms with Gasteiger partial charge in [-0.15, -0.1) is 6.58 Å². The molecule has 0 saturated carbocycles. The Morgan fingerprint density at radius 1 is 1.25 bits per heavy atom. The summed E-state index contributed by atoms with van der Waals surface area (Å²) < 4.78 is 16.5. The Morgan fingerprint density at radius 3 is 2.58 bits per heavy atom. The Hall–Kier alpha value is -1.91. The van der Waals surface area contributed by atoms with Gasteiger partial charge in [-0.05, 0) is 25.5 Å². The van der Waals surface area contributed by atoms with E-state index >= 15 is 0 Å². The van der Waals surface area contributed by atoms with E-state index in [0.717, 1.165) is 5.56 Å². The first-order valence-corrected chi connectivity index (χ1v) is 8.25. The maximum absolute atomic E-state index is 11.7. The van der Waals surface area contributed by atoms with Gasteiger partial charge in [0.05, 0.1) is 19.3 Å². The molecule has 0 aromatic heterocycles. The lowest BCUT2D eigenvalue weighted by atomic mass is 10.1. The van der Waals surface area contributed by atoms with Gasteiger partial charge in [0.2, 0.25) is 0 Å². The summed E-state index contributed by atoms with van der Waals surface area (Å²) in [5, 5.41) is 0. The number of ether oxygens (including phenoxy) is 3. The average molecular weight is 332 g/mol. The normalized spacial score (nSPS) is 15.0. The van der Waals surface area contributed by atoms with Crippen LogP contribution in [-0.4, -0.2) is 31.4 Å². The van der Waals surface area contributed by atoms with Gasteiger partial charge in [-0.1, -0.05) is 49.4 Å². The molecule has 0 aliphatic carbocycles. The van der Waals surface area contributed by atoms with Crippen molar-refractivity contribution < 1.29 is 19.0 Å². The first-order chi connectivity index (χ1) is 11.6. The standard InChI is InChI=1S/C20H28O4/c1-5-10-17(4)24-20(21)15-23-19(6-2)16(3)13-22-14-18-11-8-7-9-12-18/h5-12,16-17,19H,2,13-15H2,1,3-4H3/b10-5+/t16-,17+,19-/m1/s1. The molecule has 0 radical (unpaired) electrons. The summed E-state index contributed by atoms with van der Waals surface area (Å²) in [6.45, 7) is 10.4. The Morgan fingerprint density at radius 2 is 1.96 bits per heavy atom. The van der Waals surface area contributed by atoms with Crippen LogP contribution in [0.4, 0.5) is 0 Å². The molecule has 0 aliphatic rings. The van der Waals surface area contributed by atoms with Crippen molar-refractivity contribution in [3.8, 4) is 0 Å². The second kappa shape index (κ2) is 11.6. The lowest BCUT2D eigenvalue weighted by Crippen LogP contribution is -2.27. The molecular formula is C20H28O4. The number of carbonyl (C=O) groups is 1. The van der Waals surface area contributed by atoms with Crippen LogP contribution in [0, 0.1) is 5.92 Å². The van der Waals surface area contributed by atoms with Gasteiger partial charge in [0, 0.05) is 5.92 Å². The molecule has 0 aliphatic heterocycles. The number of rotatable bonds is 11. The Labute approximate surface area is 145 Å². The van der Waals surface area contributed by atoms with Crippen molar-refractivity contribution in [2.75, 3.05) is 13.2 Å². The molecule has 1 aromatic rings. The van der Waals surface area contributed by atoms with Crippen LogP contribution in [-0.2, 0) is 25.6 Å². The highest BCUT2D eigenvalue weighted by Crippen LogP contribution is 2.11. The Balaban J connectivity index is 2.31. The van der Waals surface area contributed by atoms with E-state index in [-0.39, 0.29) is 30.7 Å². The molecule has 132 valence electrons. The van der Waals surface area contributed by atoms with Crippen LogP contribution in [0.5, 0.6) is 0 Å². The van der Waals surface area contributed by atoms with Gasteiger partial charge in [0.1, 0.15) is 12.7 Å². The highest BCUT2D eigenvalue weighted by molar-refractivity contribution is 5.71. The highest BCUT2D eigenvalue weighted by atomic mass is 16.6. The van der Waals surface area contributed by atoms with E-state index in [2.05, 4.69) is 6.58 Å². The summed E-state index contributed by atoms with van der Waals surface area (Å²) in [6.07, 6.45) is 4.84. The van der Waals surface area contributed by atoms with Gasteiger partial charge in [-0.2, -0.15) is 0 Å². The van der Waals surface area contributed by atoms with E-state index in [1.54, 1.807) is 6.08 Å². The summed E-state index contributed by atoms with van der Waals surface area (Å²) in [7, 11) is 0. The Bertz CT molecular complexity index is 510. The second-order valence-corrected chi connectivity index (χ2v) is 5.71. The molecule has 4 nitrogen and oxygen atoms in total. The van der Waals surface area contributed by atoms with Crippen molar-refractivity contribution in [2.24, 2.45) is 5.92 Å². The van der Waals surface area contributed by atoms with Crippen LogP contribution in [0.15, 0.2) is 55.1 Å². The van der Waals surface area contributed by atoms with Gasteiger partial charge >= 0.3 is 5.97 Å². The second-order valence-electron chi connectivity index (χ2n) is 5.71. The van der Waals surface area contributed by atoms with Crippen LogP contribution in [0.25, 0.3) is 0 Å². The van der Waals surface area contributed by atoms with Crippen LogP contribution in [0.1, 0.15) is 26.3 Å². The van der Waals surface area contributed by atoms with E-state index in [0.29, 0.717) is 13.2 Å². The fraction of sp³-hybridized carbons (Fsp3) is 0.450. The van der Waals surface area contributed by atoms with Crippen molar-refractivity contribution in [1.82, 2.24) is 0 Å². The van der Waals surface area contributed by atoms with Crippen molar-refractivity contribution in [3.63, 3.8) is 0 Å². The van der Waals surface area contributed by atoms with Crippen molar-refractivity contribution in [1.29, 1.82) is 0 Å². The topological polar surface area (TPSA) is 44.8 Å². The SMILES string of the molecule is C=C[C@@H](OCC(=O)O[C@@H](C)/C=C/C)[C@H](C)COCc1ccccc1. The number of esters is 1. The molecule has 0 heterocycles. The van der Waals surface area contributed by atoms with Gasteiger partial charge in [0.25, 0.3) is 0 Å². The summed E-state index contributed by atoms with van der Waals surface area (Å²) >= 11 is 0. The van der Waals surface area contributed by atoms with Crippen LogP contribution >= 0.6 is 0 Å². The summed E-state index contributed by atoms with van der Waals surface area (Å²) in [6, 6.07) is 9.99. The van der Waals surface area contributed by atoms with Gasteiger partial charge < -0.3 is 14.2 Å². The first-order valence-electron chi connectivity index (χ1n) is 8.25. The van der Waals surface area contributed by atoms with Gasteiger partial charge in [-0.25, -0.2) is 4.79 Å². The molecule has 1 rings (SSSR count). The zero-order valence-corrected chi connectivity index (χ0v) is 14.8. The predicted molar refractivity (Wildman–Crippen MR) is 95.6 cm³/mol. The molecule has 4 heteroatoms. The molecule has 0 bridgehead atoms. The van der Waals surface area contributed by atoms with Gasteiger partial charge in [-0.3, -0.25) is 0 Å². The molecular weight excluding hydrogens is 304 g/mol. The molecule has 0 fully saturated rings. The highest BCUT2D eigenvalue weighted by Gasteiger charge is 2.17. The van der Waals surface area contributed by atoms with Crippen LogP contribution in [0.2, 0.25) is 0 Å². The maximum Gasteiger partial charge on any atom is 0.332 e. The third-order valence-corrected chi connectivity index (χ3v) is 3.46. The molecule has 0 amide bonds. The van der Waals surface area contributed by atoms with E-state index in [1.165, 1.54) is 0 Å². The van der Waals surface area contributed by atoms with E-state index in [9.17, 15) is 4.79 Å². The van der Waals surface area contributed by atoms with Crippen LogP contribution in [0.3, 0.4) is 0 Å². The molecule has 3 atom stereocenters. The largest absolute Gasteiger partial charge is 0.457 e. The smallest absolute Gasteiger partial charge is 0.332 e. The van der Waals surface area contributed by atoms with Crippen molar-refractivity contribution >= 4 is 5.97 Å². The molecule has 24 heavy (non-hydrogen) atoms. The number of hydrogen-bond donors (Lipinski definition) is 0. The average Bonchev–Trinajstić information content (AvgIpc) is 2.56. The fourth-order valence-corrected chi connectivity index (χ4v) is 2.21. The lowest BCUT2D eigenvalue weighted by Gasteiger charge is -2.21. The van der Waals surface area contributed by atoms with E-state index in [4.69, 9.17) is 14.2 Å². The molecule has 0 unspecified atom stereocenters. The maximum atomic E-state index is 11.7. The number of carbonyl (C=O) groups excluding carboxylic acids is 1. The van der Waals surface area contributed by atoms with Crippen molar-refractivity contribution in [3.05, 3.63) is 60.7 Å². The minimum Gasteiger partial charge on any atom is -0.457 e. The third kappa shape index (κ3) is 8.09. The third-order valence-electron chi connectivity index (χ3n) is 3.46. The molecule has 0 N–H and O–H groups in total. The Kier molecular flexibility index (Phi) is 9.73. The number of benzene rings is 1. The molecule has 0 saturated heterocycles. The summed E-state index contributed by atoms with van der Waals surface area (Å²) in [5.41, 5.74) is 1.13. The summed E-state index contributed by atoms with van der Waals surface area (Å²) in [5.74, 6) is -0.295. The zero-order chi connectivity index (χ0) is 17.8. The molecule has 1 aromatic carbocycles. The monoisotopic (exact) mass is 332 g/mol. The number of hydrogen-bond acceptors (Lipinski definition) is 4. The van der Waals surface area contributed by atoms with E-state index in [1.807, 2.05) is 63.3 Å². The minimum absolute atomic E-state index is 0.0898. The van der Waals surface area contributed by atoms with E-state index < -0.39 is 0 Å². The predicted octanol–water partition coefficient (Wildman–Crippen LogP) is 3.92. The quantitative estimate of drug-likeness (QED) is 0.455. The number of allylic oxidation sites excluding steroid dienone is 1. The fourth-order valence-electron chi connectivity index (χ4n) is 2.21. The van der Waals surface area contributed by atoms with Crippen molar-refractivity contribution in [2.45, 2.75) is 39.6 Å². The molecule has 0 spiro atoms. The lowest BCUT2D eigenvalue weighted by molar-refractivity contribution is -0.153. The zero-order valence-electron chi connectivity index (χ0n) is 14.8. The summed E-state index contributed by atoms with van der Waals surface area (Å²) in [4.78, 5) is 11.7. The van der Waals surface area contributed by atoms with Gasteiger partial charge in [0.15, 0.2) is 0 Å². The van der Waals surface area contributed by atoms with Crippen LogP contribution < -0.4 is 0 Å². The minimum atomic E-state index is -0.384.